The summed E-state index contributed by atoms with van der Waals surface area (Å²) < 4.78 is 1.86. The molecule has 6 rings (SSSR count). The number of anilines is 2. The smallest absolute Gasteiger partial charge is 0.263 e. The molecule has 1 saturated heterocycles. The molecule has 0 bridgehead atoms. The molecule has 1 atom stereocenters. The number of hydrogen-bond acceptors (Lipinski definition) is 5. The fraction of sp³-hybridized carbons (Fsp3) is 0.483. The number of rotatable bonds is 4. The van der Waals surface area contributed by atoms with Crippen molar-refractivity contribution in [1.29, 1.82) is 0 Å². The van der Waals surface area contributed by atoms with Crippen LogP contribution >= 0.6 is 0 Å². The van der Waals surface area contributed by atoms with E-state index in [4.69, 9.17) is 4.98 Å². The maximum absolute atomic E-state index is 13.7. The van der Waals surface area contributed by atoms with Crippen molar-refractivity contribution in [2.45, 2.75) is 51.1 Å². The van der Waals surface area contributed by atoms with Gasteiger partial charge in [-0.1, -0.05) is 43.5 Å². The summed E-state index contributed by atoms with van der Waals surface area (Å²) in [6, 6.07) is 15.9. The number of fused-ring (bicyclic) bond motifs is 2. The lowest BCUT2D eigenvalue weighted by Crippen LogP contribution is -2.46. The first-order valence-electron chi connectivity index (χ1n) is 13.4. The molecule has 3 aromatic rings. The molecule has 0 N–H and O–H groups in total. The second kappa shape index (κ2) is 9.69. The third-order valence-corrected chi connectivity index (χ3v) is 8.39. The number of aromatic nitrogens is 2. The summed E-state index contributed by atoms with van der Waals surface area (Å²) in [5, 5.41) is 0.632. The number of hydrogen-bond donors (Lipinski definition) is 0. The number of nitrogens with zero attached hydrogens (tertiary/aromatic N) is 5. The minimum Gasteiger partial charge on any atom is -0.369 e. The van der Waals surface area contributed by atoms with Gasteiger partial charge in [-0.15, -0.1) is 0 Å². The number of carbonyl (C=O) groups is 1. The maximum Gasteiger partial charge on any atom is 0.263 e. The van der Waals surface area contributed by atoms with Crippen LogP contribution in [-0.2, 0) is 11.3 Å². The van der Waals surface area contributed by atoms with Crippen LogP contribution in [0.1, 0.15) is 50.1 Å². The zero-order valence-electron chi connectivity index (χ0n) is 21.1. The fourth-order valence-electron chi connectivity index (χ4n) is 6.23. The highest BCUT2D eigenvalue weighted by Gasteiger charge is 2.38. The first-order valence-corrected chi connectivity index (χ1v) is 13.4. The van der Waals surface area contributed by atoms with E-state index >= 15 is 0 Å². The highest BCUT2D eigenvalue weighted by atomic mass is 16.2. The first kappa shape index (κ1) is 23.2. The predicted octanol–water partition coefficient (Wildman–Crippen LogP) is 4.21. The Morgan fingerprint density at radius 3 is 2.36 bits per heavy atom. The molecule has 7 nitrogen and oxygen atoms in total. The number of carbonyl (C=O) groups excluding carboxylic acids is 1. The molecule has 188 valence electrons. The Kier molecular flexibility index (Phi) is 6.25. The first-order chi connectivity index (χ1) is 17.6. The van der Waals surface area contributed by atoms with Gasteiger partial charge in [-0.25, -0.2) is 4.98 Å². The van der Waals surface area contributed by atoms with Gasteiger partial charge >= 0.3 is 0 Å². The minimum absolute atomic E-state index is 0.0194. The van der Waals surface area contributed by atoms with Crippen LogP contribution in [0.4, 0.5) is 11.6 Å². The molecule has 1 aliphatic carbocycles. The lowest BCUT2D eigenvalue weighted by molar-refractivity contribution is -0.121. The van der Waals surface area contributed by atoms with Crippen LogP contribution in [0.2, 0.25) is 0 Å². The molecule has 2 fully saturated rings. The van der Waals surface area contributed by atoms with Crippen molar-refractivity contribution in [3.05, 3.63) is 64.4 Å². The maximum atomic E-state index is 13.7. The van der Waals surface area contributed by atoms with Gasteiger partial charge in [0.25, 0.3) is 5.56 Å². The summed E-state index contributed by atoms with van der Waals surface area (Å²) in [7, 11) is 2.16. The number of piperazine rings is 1. The Morgan fingerprint density at radius 1 is 0.889 bits per heavy atom. The molecule has 0 spiro atoms. The summed E-state index contributed by atoms with van der Waals surface area (Å²) in [5.74, 6) is 0.928. The minimum atomic E-state index is -0.103. The number of amides is 1. The van der Waals surface area contributed by atoms with Crippen molar-refractivity contribution in [3.8, 4) is 0 Å². The van der Waals surface area contributed by atoms with Crippen LogP contribution in [0.15, 0.2) is 53.3 Å². The van der Waals surface area contributed by atoms with Gasteiger partial charge in [0.05, 0.1) is 23.5 Å². The van der Waals surface area contributed by atoms with Gasteiger partial charge in [0.1, 0.15) is 0 Å². The lowest BCUT2D eigenvalue weighted by Gasteiger charge is -2.39. The monoisotopic (exact) mass is 485 g/mol. The van der Waals surface area contributed by atoms with E-state index in [1.54, 1.807) is 4.90 Å². The van der Waals surface area contributed by atoms with Gasteiger partial charge in [0.2, 0.25) is 11.9 Å². The van der Waals surface area contributed by atoms with E-state index in [1.807, 2.05) is 28.8 Å². The predicted molar refractivity (Wildman–Crippen MR) is 144 cm³/mol. The third-order valence-electron chi connectivity index (χ3n) is 8.39. The largest absolute Gasteiger partial charge is 0.369 e. The van der Waals surface area contributed by atoms with Crippen LogP contribution in [-0.4, -0.2) is 53.6 Å². The molecule has 36 heavy (non-hydrogen) atoms. The van der Waals surface area contributed by atoms with Crippen molar-refractivity contribution in [3.63, 3.8) is 0 Å². The third kappa shape index (κ3) is 4.30. The van der Waals surface area contributed by atoms with Crippen molar-refractivity contribution >= 4 is 28.4 Å². The van der Waals surface area contributed by atoms with Gasteiger partial charge in [-0.3, -0.25) is 19.1 Å². The van der Waals surface area contributed by atoms with E-state index < -0.39 is 0 Å². The molecular weight excluding hydrogens is 450 g/mol. The molecule has 1 saturated carbocycles. The Morgan fingerprint density at radius 2 is 1.61 bits per heavy atom. The second-order valence-electron chi connectivity index (χ2n) is 10.7. The van der Waals surface area contributed by atoms with E-state index in [1.165, 1.54) is 24.9 Å². The van der Waals surface area contributed by atoms with Gasteiger partial charge < -0.3 is 9.80 Å². The molecule has 1 aromatic heterocycles. The fourth-order valence-corrected chi connectivity index (χ4v) is 6.23. The SMILES string of the molecule is CN1CCN(c2ccc(CN3C(=O)CC(C4CCCCC4)n4c3nc3ccccc3c4=O)cc2)CC1. The van der Waals surface area contributed by atoms with Crippen LogP contribution in [0.3, 0.4) is 0 Å². The Balaban J connectivity index is 1.34. The van der Waals surface area contributed by atoms with Crippen molar-refractivity contribution < 1.29 is 4.79 Å². The summed E-state index contributed by atoms with van der Waals surface area (Å²) in [4.78, 5) is 38.7. The van der Waals surface area contributed by atoms with E-state index in [0.717, 1.165) is 44.6 Å². The van der Waals surface area contributed by atoms with Crippen molar-refractivity contribution in [2.75, 3.05) is 43.0 Å². The number of para-hydroxylation sites is 1. The van der Waals surface area contributed by atoms with Gasteiger partial charge in [-0.2, -0.15) is 0 Å². The van der Waals surface area contributed by atoms with E-state index in [0.29, 0.717) is 35.7 Å². The molecule has 1 unspecified atom stereocenters. The highest BCUT2D eigenvalue weighted by molar-refractivity contribution is 5.94. The Labute approximate surface area is 212 Å². The molecule has 1 amide bonds. The zero-order valence-corrected chi connectivity index (χ0v) is 21.1. The van der Waals surface area contributed by atoms with Gasteiger partial charge in [-0.05, 0) is 55.6 Å². The van der Waals surface area contributed by atoms with Crippen LogP contribution in [0, 0.1) is 5.92 Å². The van der Waals surface area contributed by atoms with E-state index in [9.17, 15) is 9.59 Å². The molecule has 2 aromatic carbocycles. The summed E-state index contributed by atoms with van der Waals surface area (Å²) >= 11 is 0. The molecule has 3 heterocycles. The van der Waals surface area contributed by atoms with Gasteiger partial charge in [0, 0.05) is 38.3 Å². The summed E-state index contributed by atoms with van der Waals surface area (Å²) in [5.41, 5.74) is 2.90. The van der Waals surface area contributed by atoms with Crippen LogP contribution < -0.4 is 15.4 Å². The quantitative estimate of drug-likeness (QED) is 0.554. The normalized spacial score (nSPS) is 21.7. The Bertz CT molecular complexity index is 1300. The standard InChI is InChI=1S/C29H35N5O2/c1-31-15-17-32(18-16-31)23-13-11-21(12-14-23)20-33-27(35)19-26(22-7-3-2-4-8-22)34-28(36)24-9-5-6-10-25(24)30-29(33)34/h5-6,9-14,22,26H,2-4,7-8,15-20H2,1H3. The summed E-state index contributed by atoms with van der Waals surface area (Å²) in [6.07, 6.45) is 6.10. The van der Waals surface area contributed by atoms with Crippen LogP contribution in [0.5, 0.6) is 0 Å². The number of likely N-dealkylation sites (N-methyl/N-ethyl adjacent to an activating group) is 1. The lowest BCUT2D eigenvalue weighted by atomic mass is 9.81. The van der Waals surface area contributed by atoms with Crippen molar-refractivity contribution in [2.24, 2.45) is 5.92 Å². The molecule has 3 aliphatic rings. The summed E-state index contributed by atoms with van der Waals surface area (Å²) in [6.45, 7) is 4.60. The average molecular weight is 486 g/mol. The molecule has 7 heteroatoms. The topological polar surface area (TPSA) is 61.7 Å². The highest BCUT2D eigenvalue weighted by Crippen LogP contribution is 2.39. The number of benzene rings is 2. The zero-order chi connectivity index (χ0) is 24.6. The van der Waals surface area contributed by atoms with E-state index in [2.05, 4.69) is 41.1 Å². The molecular formula is C29H35N5O2. The van der Waals surface area contributed by atoms with Gasteiger partial charge in [0.15, 0.2) is 0 Å². The van der Waals surface area contributed by atoms with E-state index in [-0.39, 0.29) is 17.5 Å². The van der Waals surface area contributed by atoms with Crippen molar-refractivity contribution in [1.82, 2.24) is 14.5 Å². The van der Waals surface area contributed by atoms with Crippen LogP contribution in [0.25, 0.3) is 10.9 Å². The molecule has 0 radical (unpaired) electrons. The average Bonchev–Trinajstić information content (AvgIpc) is 2.92. The molecule has 2 aliphatic heterocycles. The Hall–Kier alpha value is -3.19. The second-order valence-corrected chi connectivity index (χ2v) is 10.7.